The van der Waals surface area contributed by atoms with E-state index < -0.39 is 9.84 Å². The third kappa shape index (κ3) is 14.2. The summed E-state index contributed by atoms with van der Waals surface area (Å²) in [6.07, 6.45) is 10.7. The molecule has 174 valence electrons. The van der Waals surface area contributed by atoms with Gasteiger partial charge in [0.05, 0.1) is 4.90 Å². The molecular formula is C22H40IN3O3S. The molecule has 1 aromatic rings. The topological polar surface area (TPSA) is 79.8 Å². The Bertz CT molecular complexity index is 679. The summed E-state index contributed by atoms with van der Waals surface area (Å²) in [5, 5.41) is 6.57. The number of halogens is 1. The average molecular weight is 554 g/mol. The van der Waals surface area contributed by atoms with Crippen LogP contribution in [-0.2, 0) is 21.0 Å². The van der Waals surface area contributed by atoms with Gasteiger partial charge >= 0.3 is 0 Å². The van der Waals surface area contributed by atoms with Crippen molar-refractivity contribution in [2.45, 2.75) is 63.2 Å². The molecule has 0 unspecified atom stereocenters. The number of ether oxygens (including phenoxy) is 1. The zero-order valence-corrected chi connectivity index (χ0v) is 21.9. The Morgan fingerprint density at radius 1 is 0.933 bits per heavy atom. The second-order valence-corrected chi connectivity index (χ2v) is 9.34. The lowest BCUT2D eigenvalue weighted by atomic mass is 10.1. The predicted octanol–water partition coefficient (Wildman–Crippen LogP) is 4.18. The van der Waals surface area contributed by atoms with E-state index in [0.29, 0.717) is 4.90 Å². The molecule has 0 aliphatic rings. The smallest absolute Gasteiger partial charge is 0.190 e. The third-order valence-electron chi connectivity index (χ3n) is 4.68. The first-order valence-electron chi connectivity index (χ1n) is 10.8. The Morgan fingerprint density at radius 2 is 1.53 bits per heavy atom. The number of rotatable bonds is 15. The second-order valence-electron chi connectivity index (χ2n) is 7.33. The average Bonchev–Trinajstić information content (AvgIpc) is 2.70. The van der Waals surface area contributed by atoms with Gasteiger partial charge < -0.3 is 15.4 Å². The standard InChI is InChI=1S/C22H39N3O3S.HI/c1-4-5-6-7-8-9-18-28-19-10-16-24-22(23-2)25-17-15-20-11-13-21(14-12-20)29(3,26)27;/h11-14H,4-10,15-19H2,1-3H3,(H2,23,24,25);1H. The fraction of sp³-hybridized carbons (Fsp3) is 0.682. The lowest BCUT2D eigenvalue weighted by Gasteiger charge is -2.12. The first-order valence-corrected chi connectivity index (χ1v) is 12.7. The summed E-state index contributed by atoms with van der Waals surface area (Å²) in [5.41, 5.74) is 1.09. The molecule has 0 radical (unpaired) electrons. The van der Waals surface area contributed by atoms with Gasteiger partial charge in [-0.2, -0.15) is 0 Å². The molecule has 0 spiro atoms. The van der Waals surface area contributed by atoms with Crippen molar-refractivity contribution in [2.24, 2.45) is 4.99 Å². The second kappa shape index (κ2) is 17.8. The van der Waals surface area contributed by atoms with Crippen molar-refractivity contribution < 1.29 is 13.2 Å². The summed E-state index contributed by atoms with van der Waals surface area (Å²) >= 11 is 0. The molecule has 0 saturated carbocycles. The van der Waals surface area contributed by atoms with Crippen LogP contribution in [0, 0.1) is 0 Å². The quantitative estimate of drug-likeness (QED) is 0.148. The highest BCUT2D eigenvalue weighted by atomic mass is 127. The van der Waals surface area contributed by atoms with Crippen molar-refractivity contribution in [2.75, 3.05) is 39.6 Å². The van der Waals surface area contributed by atoms with Crippen LogP contribution in [0.3, 0.4) is 0 Å². The first kappa shape index (κ1) is 29.1. The van der Waals surface area contributed by atoms with Gasteiger partial charge in [-0.3, -0.25) is 4.99 Å². The van der Waals surface area contributed by atoms with Crippen LogP contribution < -0.4 is 10.6 Å². The molecular weight excluding hydrogens is 513 g/mol. The molecule has 0 aliphatic heterocycles. The van der Waals surface area contributed by atoms with Crippen molar-refractivity contribution in [1.29, 1.82) is 0 Å². The molecule has 2 N–H and O–H groups in total. The Kier molecular flexibility index (Phi) is 17.3. The van der Waals surface area contributed by atoms with Crippen LogP contribution in [0.4, 0.5) is 0 Å². The summed E-state index contributed by atoms with van der Waals surface area (Å²) < 4.78 is 28.7. The molecule has 30 heavy (non-hydrogen) atoms. The fourth-order valence-electron chi connectivity index (χ4n) is 2.92. The summed E-state index contributed by atoms with van der Waals surface area (Å²) in [5.74, 6) is 0.772. The Hall–Kier alpha value is -0.870. The molecule has 8 heteroatoms. The number of hydrogen-bond acceptors (Lipinski definition) is 4. The zero-order chi connectivity index (χ0) is 21.4. The van der Waals surface area contributed by atoms with E-state index in [0.717, 1.165) is 57.1 Å². The SMILES string of the molecule is CCCCCCCCOCCCNC(=NC)NCCc1ccc(S(C)(=O)=O)cc1.I. The predicted molar refractivity (Wildman–Crippen MR) is 137 cm³/mol. The van der Waals surface area contributed by atoms with Gasteiger partial charge in [-0.1, -0.05) is 51.2 Å². The van der Waals surface area contributed by atoms with Crippen molar-refractivity contribution in [3.8, 4) is 0 Å². The van der Waals surface area contributed by atoms with Gasteiger partial charge in [0.25, 0.3) is 0 Å². The molecule has 0 heterocycles. The van der Waals surface area contributed by atoms with Crippen LogP contribution in [0.25, 0.3) is 0 Å². The number of nitrogens with one attached hydrogen (secondary N) is 2. The number of unbranched alkanes of at least 4 members (excludes halogenated alkanes) is 5. The van der Waals surface area contributed by atoms with E-state index in [1.54, 1.807) is 19.2 Å². The van der Waals surface area contributed by atoms with Crippen molar-refractivity contribution >= 4 is 39.8 Å². The minimum absolute atomic E-state index is 0. The lowest BCUT2D eigenvalue weighted by Crippen LogP contribution is -2.39. The summed E-state index contributed by atoms with van der Waals surface area (Å²) in [6, 6.07) is 7.02. The number of aliphatic imine (C=N–C) groups is 1. The van der Waals surface area contributed by atoms with E-state index in [4.69, 9.17) is 4.74 Å². The van der Waals surface area contributed by atoms with Gasteiger partial charge in [0.2, 0.25) is 0 Å². The van der Waals surface area contributed by atoms with Crippen LogP contribution in [0.1, 0.15) is 57.4 Å². The van der Waals surface area contributed by atoms with Crippen LogP contribution >= 0.6 is 24.0 Å². The van der Waals surface area contributed by atoms with Crippen molar-refractivity contribution in [3.05, 3.63) is 29.8 Å². The van der Waals surface area contributed by atoms with Crippen LogP contribution in [0.15, 0.2) is 34.2 Å². The monoisotopic (exact) mass is 553 g/mol. The normalized spacial score (nSPS) is 11.8. The van der Waals surface area contributed by atoms with Crippen molar-refractivity contribution in [3.63, 3.8) is 0 Å². The van der Waals surface area contributed by atoms with E-state index in [-0.39, 0.29) is 24.0 Å². The molecule has 0 atom stereocenters. The molecule has 0 bridgehead atoms. The van der Waals surface area contributed by atoms with Crippen LogP contribution in [-0.4, -0.2) is 54.0 Å². The fourth-order valence-corrected chi connectivity index (χ4v) is 3.55. The molecule has 1 rings (SSSR count). The molecule has 0 amide bonds. The number of benzene rings is 1. The summed E-state index contributed by atoms with van der Waals surface area (Å²) in [6.45, 7) is 5.41. The number of guanidine groups is 1. The highest BCUT2D eigenvalue weighted by Crippen LogP contribution is 2.10. The van der Waals surface area contributed by atoms with Crippen LogP contribution in [0.5, 0.6) is 0 Å². The van der Waals surface area contributed by atoms with E-state index in [1.807, 2.05) is 12.1 Å². The highest BCUT2D eigenvalue weighted by Gasteiger charge is 2.06. The largest absolute Gasteiger partial charge is 0.381 e. The summed E-state index contributed by atoms with van der Waals surface area (Å²) in [7, 11) is -1.38. The molecule has 6 nitrogen and oxygen atoms in total. The maximum Gasteiger partial charge on any atom is 0.190 e. The van der Waals surface area contributed by atoms with Gasteiger partial charge in [-0.15, -0.1) is 24.0 Å². The minimum atomic E-state index is -3.14. The maximum absolute atomic E-state index is 11.5. The van der Waals surface area contributed by atoms with Gasteiger partial charge in [-0.25, -0.2) is 8.42 Å². The van der Waals surface area contributed by atoms with E-state index in [9.17, 15) is 8.42 Å². The maximum atomic E-state index is 11.5. The van der Waals surface area contributed by atoms with Gasteiger partial charge in [-0.05, 0) is 37.0 Å². The number of nitrogens with zero attached hydrogens (tertiary/aromatic N) is 1. The van der Waals surface area contributed by atoms with Crippen molar-refractivity contribution in [1.82, 2.24) is 10.6 Å². The molecule has 0 fully saturated rings. The number of hydrogen-bond donors (Lipinski definition) is 2. The van der Waals surface area contributed by atoms with Crippen LogP contribution in [0.2, 0.25) is 0 Å². The van der Waals surface area contributed by atoms with Gasteiger partial charge in [0, 0.05) is 39.6 Å². The Labute approximate surface area is 200 Å². The summed E-state index contributed by atoms with van der Waals surface area (Å²) in [4.78, 5) is 4.57. The Morgan fingerprint density at radius 3 is 2.17 bits per heavy atom. The lowest BCUT2D eigenvalue weighted by molar-refractivity contribution is 0.128. The molecule has 0 aliphatic carbocycles. The molecule has 1 aromatic carbocycles. The zero-order valence-electron chi connectivity index (χ0n) is 18.8. The molecule has 0 aromatic heterocycles. The first-order chi connectivity index (χ1) is 14.0. The number of sulfone groups is 1. The third-order valence-corrected chi connectivity index (χ3v) is 5.81. The van der Waals surface area contributed by atoms with E-state index in [1.165, 1.54) is 38.4 Å². The Balaban J connectivity index is 0.00000841. The molecule has 0 saturated heterocycles. The minimum Gasteiger partial charge on any atom is -0.381 e. The van der Waals surface area contributed by atoms with E-state index >= 15 is 0 Å². The van der Waals surface area contributed by atoms with Gasteiger partial charge in [0.15, 0.2) is 15.8 Å². The highest BCUT2D eigenvalue weighted by molar-refractivity contribution is 14.0. The van der Waals surface area contributed by atoms with E-state index in [2.05, 4.69) is 22.5 Å². The van der Waals surface area contributed by atoms with Gasteiger partial charge in [0.1, 0.15) is 0 Å².